The van der Waals surface area contributed by atoms with E-state index in [0.717, 1.165) is 0 Å². The summed E-state index contributed by atoms with van der Waals surface area (Å²) in [6, 6.07) is 6.03. The van der Waals surface area contributed by atoms with Gasteiger partial charge < -0.3 is 10.6 Å². The van der Waals surface area contributed by atoms with E-state index in [9.17, 15) is 14.0 Å². The van der Waals surface area contributed by atoms with E-state index in [1.165, 1.54) is 24.1 Å². The maximum atomic E-state index is 13.2. The first-order valence-corrected chi connectivity index (χ1v) is 4.76. The molecule has 5 heteroatoms. The summed E-state index contributed by atoms with van der Waals surface area (Å²) in [5.41, 5.74) is 5.26. The van der Waals surface area contributed by atoms with E-state index in [0.29, 0.717) is 5.56 Å². The van der Waals surface area contributed by atoms with Crippen molar-refractivity contribution >= 4 is 11.8 Å². The predicted molar refractivity (Wildman–Crippen MR) is 56.9 cm³/mol. The van der Waals surface area contributed by atoms with Crippen LogP contribution >= 0.6 is 0 Å². The number of rotatable bonds is 4. The van der Waals surface area contributed by atoms with E-state index in [4.69, 9.17) is 5.73 Å². The number of carbonyl (C=O) groups excluding carboxylic acids is 2. The second-order valence-corrected chi connectivity index (χ2v) is 3.48. The molecule has 1 aromatic rings. The standard InChI is InChI=1S/C11H13FN2O2/c1-14(7-10(13)15)11(16)6-8-4-2-3-5-9(8)12/h2-5H,6-7H2,1H3,(H2,13,15). The highest BCUT2D eigenvalue weighted by molar-refractivity contribution is 5.84. The molecule has 0 aliphatic carbocycles. The van der Waals surface area contributed by atoms with Crippen LogP contribution in [0.1, 0.15) is 5.56 Å². The molecule has 0 spiro atoms. The van der Waals surface area contributed by atoms with Gasteiger partial charge in [0.1, 0.15) is 5.82 Å². The van der Waals surface area contributed by atoms with Crippen LogP contribution in [0, 0.1) is 5.82 Å². The average molecular weight is 224 g/mol. The lowest BCUT2D eigenvalue weighted by atomic mass is 10.1. The Kier molecular flexibility index (Phi) is 3.99. The summed E-state index contributed by atoms with van der Waals surface area (Å²) in [5.74, 6) is -1.36. The Labute approximate surface area is 92.8 Å². The van der Waals surface area contributed by atoms with E-state index in [-0.39, 0.29) is 18.9 Å². The molecule has 0 fully saturated rings. The zero-order valence-electron chi connectivity index (χ0n) is 8.94. The summed E-state index contributed by atoms with van der Waals surface area (Å²) in [7, 11) is 1.45. The minimum atomic E-state index is -0.593. The van der Waals surface area contributed by atoms with Crippen molar-refractivity contribution in [2.45, 2.75) is 6.42 Å². The number of carbonyl (C=O) groups is 2. The minimum Gasteiger partial charge on any atom is -0.368 e. The molecule has 0 bridgehead atoms. The van der Waals surface area contributed by atoms with Gasteiger partial charge in [0.15, 0.2) is 0 Å². The largest absolute Gasteiger partial charge is 0.368 e. The maximum Gasteiger partial charge on any atom is 0.237 e. The van der Waals surface area contributed by atoms with Gasteiger partial charge in [-0.3, -0.25) is 9.59 Å². The quantitative estimate of drug-likeness (QED) is 0.800. The number of likely N-dealkylation sites (N-methyl/N-ethyl adjacent to an activating group) is 1. The predicted octanol–water partition coefficient (Wildman–Crippen LogP) is 0.312. The fourth-order valence-electron chi connectivity index (χ4n) is 1.26. The Morgan fingerprint density at radius 3 is 2.56 bits per heavy atom. The van der Waals surface area contributed by atoms with Crippen molar-refractivity contribution in [2.24, 2.45) is 5.73 Å². The number of hydrogen-bond donors (Lipinski definition) is 1. The summed E-state index contributed by atoms with van der Waals surface area (Å²) >= 11 is 0. The molecule has 0 aliphatic rings. The van der Waals surface area contributed by atoms with Crippen LogP contribution in [-0.2, 0) is 16.0 Å². The lowest BCUT2D eigenvalue weighted by Crippen LogP contribution is -2.36. The van der Waals surface area contributed by atoms with Crippen LogP contribution in [0.5, 0.6) is 0 Å². The fraction of sp³-hybridized carbons (Fsp3) is 0.273. The van der Waals surface area contributed by atoms with Crippen LogP contribution in [0.2, 0.25) is 0 Å². The van der Waals surface area contributed by atoms with Gasteiger partial charge in [-0.05, 0) is 11.6 Å². The smallest absolute Gasteiger partial charge is 0.237 e. The van der Waals surface area contributed by atoms with Gasteiger partial charge >= 0.3 is 0 Å². The van der Waals surface area contributed by atoms with Crippen molar-refractivity contribution in [3.8, 4) is 0 Å². The molecule has 0 aromatic heterocycles. The van der Waals surface area contributed by atoms with Crippen molar-refractivity contribution < 1.29 is 14.0 Å². The Bertz CT molecular complexity index is 407. The van der Waals surface area contributed by atoms with Gasteiger partial charge in [-0.25, -0.2) is 4.39 Å². The molecule has 0 aliphatic heterocycles. The molecule has 86 valence electrons. The highest BCUT2D eigenvalue weighted by Crippen LogP contribution is 2.08. The highest BCUT2D eigenvalue weighted by Gasteiger charge is 2.13. The van der Waals surface area contributed by atoms with E-state index in [2.05, 4.69) is 0 Å². The van der Waals surface area contributed by atoms with Crippen LogP contribution in [0.25, 0.3) is 0 Å². The van der Waals surface area contributed by atoms with Crippen LogP contribution in [0.4, 0.5) is 4.39 Å². The molecule has 0 atom stereocenters. The molecule has 0 saturated carbocycles. The van der Waals surface area contributed by atoms with Gasteiger partial charge in [0.25, 0.3) is 0 Å². The summed E-state index contributed by atoms with van der Waals surface area (Å²) in [4.78, 5) is 23.3. The molecule has 0 saturated heterocycles. The van der Waals surface area contributed by atoms with E-state index >= 15 is 0 Å². The molecule has 2 amide bonds. The number of amides is 2. The maximum absolute atomic E-state index is 13.2. The first kappa shape index (κ1) is 12.2. The topological polar surface area (TPSA) is 63.4 Å². The lowest BCUT2D eigenvalue weighted by molar-refractivity contribution is -0.133. The van der Waals surface area contributed by atoms with Crippen molar-refractivity contribution in [1.29, 1.82) is 0 Å². The Morgan fingerprint density at radius 2 is 2.00 bits per heavy atom. The van der Waals surface area contributed by atoms with Crippen LogP contribution in [-0.4, -0.2) is 30.3 Å². The van der Waals surface area contributed by atoms with Gasteiger partial charge in [-0.2, -0.15) is 0 Å². The van der Waals surface area contributed by atoms with Gasteiger partial charge in [-0.1, -0.05) is 18.2 Å². The zero-order chi connectivity index (χ0) is 12.1. The third-order valence-corrected chi connectivity index (χ3v) is 2.12. The number of hydrogen-bond acceptors (Lipinski definition) is 2. The summed E-state index contributed by atoms with van der Waals surface area (Å²) in [6.45, 7) is -0.159. The zero-order valence-corrected chi connectivity index (χ0v) is 8.94. The lowest BCUT2D eigenvalue weighted by Gasteiger charge is -2.15. The molecule has 16 heavy (non-hydrogen) atoms. The van der Waals surface area contributed by atoms with E-state index in [1.54, 1.807) is 12.1 Å². The number of benzene rings is 1. The summed E-state index contributed by atoms with van der Waals surface area (Å²) in [5, 5.41) is 0. The molecule has 4 nitrogen and oxygen atoms in total. The van der Waals surface area contributed by atoms with E-state index < -0.39 is 11.7 Å². The summed E-state index contributed by atoms with van der Waals surface area (Å²) < 4.78 is 13.2. The van der Waals surface area contributed by atoms with Crippen LogP contribution in [0.3, 0.4) is 0 Å². The normalized spacial score (nSPS) is 9.88. The average Bonchev–Trinajstić information content (AvgIpc) is 2.20. The molecular weight excluding hydrogens is 211 g/mol. The Balaban J connectivity index is 2.64. The molecule has 1 rings (SSSR count). The third kappa shape index (κ3) is 3.34. The Hall–Kier alpha value is -1.91. The first-order valence-electron chi connectivity index (χ1n) is 4.76. The number of nitrogens with two attached hydrogens (primary N) is 1. The molecule has 1 aromatic carbocycles. The van der Waals surface area contributed by atoms with Crippen LogP contribution in [0.15, 0.2) is 24.3 Å². The molecule has 2 N–H and O–H groups in total. The Morgan fingerprint density at radius 1 is 1.38 bits per heavy atom. The van der Waals surface area contributed by atoms with Crippen molar-refractivity contribution in [2.75, 3.05) is 13.6 Å². The number of nitrogens with zero attached hydrogens (tertiary/aromatic N) is 1. The van der Waals surface area contributed by atoms with Crippen molar-refractivity contribution in [3.05, 3.63) is 35.6 Å². The van der Waals surface area contributed by atoms with Crippen LogP contribution < -0.4 is 5.73 Å². The number of halogens is 1. The van der Waals surface area contributed by atoms with Gasteiger partial charge in [0.2, 0.25) is 11.8 Å². The second kappa shape index (κ2) is 5.25. The van der Waals surface area contributed by atoms with E-state index in [1.807, 2.05) is 0 Å². The van der Waals surface area contributed by atoms with Crippen molar-refractivity contribution in [3.63, 3.8) is 0 Å². The van der Waals surface area contributed by atoms with Gasteiger partial charge in [0, 0.05) is 7.05 Å². The number of primary amides is 1. The monoisotopic (exact) mass is 224 g/mol. The fourth-order valence-corrected chi connectivity index (χ4v) is 1.26. The third-order valence-electron chi connectivity index (χ3n) is 2.12. The molecule has 0 heterocycles. The summed E-state index contributed by atoms with van der Waals surface area (Å²) in [6.07, 6.45) is -0.0730. The minimum absolute atomic E-state index is 0.0730. The SMILES string of the molecule is CN(CC(N)=O)C(=O)Cc1ccccc1F. The highest BCUT2D eigenvalue weighted by atomic mass is 19.1. The molecule has 0 unspecified atom stereocenters. The molecular formula is C11H13FN2O2. The van der Waals surface area contributed by atoms with Gasteiger partial charge in [-0.15, -0.1) is 0 Å². The van der Waals surface area contributed by atoms with Crippen molar-refractivity contribution in [1.82, 2.24) is 4.90 Å². The first-order chi connectivity index (χ1) is 7.50. The second-order valence-electron chi connectivity index (χ2n) is 3.48. The molecule has 0 radical (unpaired) electrons. The van der Waals surface area contributed by atoms with Gasteiger partial charge in [0.05, 0.1) is 13.0 Å².